The van der Waals surface area contributed by atoms with Crippen LogP contribution in [-0.4, -0.2) is 62.4 Å². The molecule has 0 aromatic heterocycles. The first-order chi connectivity index (χ1) is 10.4. The first kappa shape index (κ1) is 15.1. The topological polar surface area (TPSA) is 102 Å². The molecule has 9 heteroatoms. The van der Waals surface area contributed by atoms with Gasteiger partial charge in [0, 0.05) is 26.2 Å². The van der Waals surface area contributed by atoms with Crippen LogP contribution in [0.15, 0.2) is 24.3 Å². The minimum atomic E-state index is -3.70. The van der Waals surface area contributed by atoms with Crippen molar-refractivity contribution in [3.05, 3.63) is 24.3 Å². The number of hydrogen-bond donors (Lipinski definition) is 1. The number of piperazine rings is 1. The molecular weight excluding hydrogens is 310 g/mol. The molecule has 1 aromatic rings. The number of hydrogen-bond acceptors (Lipinski definition) is 5. The van der Waals surface area contributed by atoms with Crippen LogP contribution in [0.1, 0.15) is 0 Å². The molecule has 0 bridgehead atoms. The first-order valence-corrected chi connectivity index (χ1v) is 8.40. The van der Waals surface area contributed by atoms with Crippen molar-refractivity contribution >= 4 is 16.1 Å². The number of fused-ring (bicyclic) bond motifs is 1. The van der Waals surface area contributed by atoms with Gasteiger partial charge in [-0.3, -0.25) is 4.79 Å². The Morgan fingerprint density at radius 2 is 1.77 bits per heavy atom. The number of carbonyl (C=O) groups is 1. The molecule has 22 heavy (non-hydrogen) atoms. The number of carbonyl (C=O) groups excluding carboxylic acids is 1. The smallest absolute Gasteiger partial charge is 0.277 e. The second-order valence-electron chi connectivity index (χ2n) is 5.13. The summed E-state index contributed by atoms with van der Waals surface area (Å²) in [4.78, 5) is 14.0. The standard InChI is InChI=1S/C13H17N3O5S/c14-22(18,19)16-7-5-15(6-8-16)13(17)12-9-20-10-3-1-2-4-11(10)21-12/h1-4,12H,5-9H2,(H2,14,18,19)/t12-/m0/s1. The van der Waals surface area contributed by atoms with Crippen LogP contribution < -0.4 is 14.6 Å². The zero-order chi connectivity index (χ0) is 15.7. The summed E-state index contributed by atoms with van der Waals surface area (Å²) in [6.45, 7) is 1.10. The van der Waals surface area contributed by atoms with Gasteiger partial charge in [-0.15, -0.1) is 0 Å². The van der Waals surface area contributed by atoms with Gasteiger partial charge in [-0.2, -0.15) is 12.7 Å². The Morgan fingerprint density at radius 1 is 1.14 bits per heavy atom. The lowest BCUT2D eigenvalue weighted by atomic mass is 10.2. The summed E-state index contributed by atoms with van der Waals surface area (Å²) in [5, 5.41) is 5.08. The third-order valence-electron chi connectivity index (χ3n) is 3.69. The summed E-state index contributed by atoms with van der Waals surface area (Å²) in [5.74, 6) is 0.949. The fraction of sp³-hybridized carbons (Fsp3) is 0.462. The Hall–Kier alpha value is -1.84. The highest BCUT2D eigenvalue weighted by atomic mass is 32.2. The lowest BCUT2D eigenvalue weighted by molar-refractivity contribution is -0.142. The molecule has 8 nitrogen and oxygen atoms in total. The molecule has 3 rings (SSSR count). The van der Waals surface area contributed by atoms with E-state index in [1.807, 2.05) is 6.07 Å². The number of rotatable bonds is 2. The van der Waals surface area contributed by atoms with Crippen LogP contribution in [0.2, 0.25) is 0 Å². The summed E-state index contributed by atoms with van der Waals surface area (Å²) < 4.78 is 34.9. The summed E-state index contributed by atoms with van der Waals surface area (Å²) in [6.07, 6.45) is -0.712. The van der Waals surface area contributed by atoms with E-state index in [0.29, 0.717) is 11.5 Å². The van der Waals surface area contributed by atoms with Crippen LogP contribution in [0.25, 0.3) is 0 Å². The molecule has 1 saturated heterocycles. The largest absolute Gasteiger partial charge is 0.485 e. The molecule has 0 spiro atoms. The van der Waals surface area contributed by atoms with Crippen molar-refractivity contribution in [2.75, 3.05) is 32.8 Å². The molecule has 0 unspecified atom stereocenters. The number of ether oxygens (including phenoxy) is 2. The van der Waals surface area contributed by atoms with E-state index in [2.05, 4.69) is 0 Å². The van der Waals surface area contributed by atoms with E-state index in [1.165, 1.54) is 0 Å². The van der Waals surface area contributed by atoms with Crippen molar-refractivity contribution in [1.29, 1.82) is 0 Å². The Balaban J connectivity index is 1.62. The van der Waals surface area contributed by atoms with Crippen LogP contribution in [-0.2, 0) is 15.0 Å². The van der Waals surface area contributed by atoms with Gasteiger partial charge in [-0.1, -0.05) is 12.1 Å². The van der Waals surface area contributed by atoms with Crippen molar-refractivity contribution in [1.82, 2.24) is 9.21 Å². The van der Waals surface area contributed by atoms with Gasteiger partial charge in [-0.05, 0) is 12.1 Å². The minimum Gasteiger partial charge on any atom is -0.485 e. The molecule has 1 amide bonds. The second kappa shape index (κ2) is 5.75. The van der Waals surface area contributed by atoms with Crippen LogP contribution in [0.4, 0.5) is 0 Å². The summed E-state index contributed by atoms with van der Waals surface area (Å²) in [7, 11) is -3.70. The maximum Gasteiger partial charge on any atom is 0.277 e. The Kier molecular flexibility index (Phi) is 3.94. The fourth-order valence-corrected chi connectivity index (χ4v) is 3.18. The minimum absolute atomic E-state index is 0.144. The van der Waals surface area contributed by atoms with E-state index < -0.39 is 16.3 Å². The predicted molar refractivity (Wildman–Crippen MR) is 77.6 cm³/mol. The van der Waals surface area contributed by atoms with E-state index in [4.69, 9.17) is 14.6 Å². The molecule has 0 saturated carbocycles. The maximum absolute atomic E-state index is 12.4. The summed E-state index contributed by atoms with van der Waals surface area (Å²) >= 11 is 0. The Labute approximate surface area is 128 Å². The Morgan fingerprint density at radius 3 is 2.41 bits per heavy atom. The van der Waals surface area contributed by atoms with Crippen molar-refractivity contribution < 1.29 is 22.7 Å². The van der Waals surface area contributed by atoms with Crippen molar-refractivity contribution in [2.45, 2.75) is 6.10 Å². The van der Waals surface area contributed by atoms with E-state index >= 15 is 0 Å². The number of nitrogens with zero attached hydrogens (tertiary/aromatic N) is 2. The van der Waals surface area contributed by atoms with E-state index in [1.54, 1.807) is 23.1 Å². The average molecular weight is 327 g/mol. The molecule has 1 fully saturated rings. The second-order valence-corrected chi connectivity index (χ2v) is 6.68. The van der Waals surface area contributed by atoms with Gasteiger partial charge in [-0.25, -0.2) is 5.14 Å². The molecule has 120 valence electrons. The van der Waals surface area contributed by atoms with Crippen molar-refractivity contribution in [3.8, 4) is 11.5 Å². The molecule has 1 aromatic carbocycles. The first-order valence-electron chi connectivity index (χ1n) is 6.90. The van der Waals surface area contributed by atoms with Gasteiger partial charge >= 0.3 is 0 Å². The molecule has 2 aliphatic rings. The van der Waals surface area contributed by atoms with E-state index in [-0.39, 0.29) is 38.7 Å². The van der Waals surface area contributed by atoms with Crippen molar-refractivity contribution in [3.63, 3.8) is 0 Å². The predicted octanol–water partition coefficient (Wildman–Crippen LogP) is -0.826. The Bertz CT molecular complexity index is 670. The SMILES string of the molecule is NS(=O)(=O)N1CCN(C(=O)[C@@H]2COc3ccccc3O2)CC1. The molecule has 0 aliphatic carbocycles. The number of para-hydroxylation sites is 2. The van der Waals surface area contributed by atoms with Gasteiger partial charge in [0.25, 0.3) is 16.1 Å². The fourth-order valence-electron chi connectivity index (χ4n) is 2.51. The number of amides is 1. The lowest BCUT2D eigenvalue weighted by Gasteiger charge is -2.35. The molecule has 2 heterocycles. The van der Waals surface area contributed by atoms with E-state index in [0.717, 1.165) is 4.31 Å². The van der Waals surface area contributed by atoms with Gasteiger partial charge < -0.3 is 14.4 Å². The highest BCUT2D eigenvalue weighted by Gasteiger charge is 2.34. The van der Waals surface area contributed by atoms with Gasteiger partial charge in [0.05, 0.1) is 0 Å². The third-order valence-corrected chi connectivity index (χ3v) is 4.78. The molecule has 2 N–H and O–H groups in total. The quantitative estimate of drug-likeness (QED) is 0.764. The zero-order valence-electron chi connectivity index (χ0n) is 11.8. The lowest BCUT2D eigenvalue weighted by Crippen LogP contribution is -2.56. The molecule has 2 aliphatic heterocycles. The number of benzene rings is 1. The summed E-state index contributed by atoms with van der Waals surface area (Å²) in [5.41, 5.74) is 0. The van der Waals surface area contributed by atoms with Gasteiger partial charge in [0.15, 0.2) is 11.5 Å². The molecular formula is C13H17N3O5S. The summed E-state index contributed by atoms with van der Waals surface area (Å²) in [6, 6.07) is 7.16. The average Bonchev–Trinajstić information content (AvgIpc) is 2.53. The number of nitrogens with two attached hydrogens (primary N) is 1. The van der Waals surface area contributed by atoms with Crippen LogP contribution >= 0.6 is 0 Å². The van der Waals surface area contributed by atoms with Crippen LogP contribution in [0.5, 0.6) is 11.5 Å². The third kappa shape index (κ3) is 3.01. The monoisotopic (exact) mass is 327 g/mol. The van der Waals surface area contributed by atoms with Crippen molar-refractivity contribution in [2.24, 2.45) is 5.14 Å². The molecule has 1 atom stereocenters. The van der Waals surface area contributed by atoms with E-state index in [9.17, 15) is 13.2 Å². The van der Waals surface area contributed by atoms with Gasteiger partial charge in [0.1, 0.15) is 6.61 Å². The normalized spacial score (nSPS) is 22.4. The molecule has 0 radical (unpaired) electrons. The highest BCUT2D eigenvalue weighted by Crippen LogP contribution is 2.31. The zero-order valence-corrected chi connectivity index (χ0v) is 12.7. The van der Waals surface area contributed by atoms with Crippen LogP contribution in [0, 0.1) is 0 Å². The highest BCUT2D eigenvalue weighted by molar-refractivity contribution is 7.86. The maximum atomic E-state index is 12.4. The van der Waals surface area contributed by atoms with Crippen LogP contribution in [0.3, 0.4) is 0 Å². The van der Waals surface area contributed by atoms with Gasteiger partial charge in [0.2, 0.25) is 6.10 Å².